The molecule has 0 bridgehead atoms. The molecule has 0 saturated carbocycles. The first kappa shape index (κ1) is 15.5. The fourth-order valence-electron chi connectivity index (χ4n) is 2.13. The molecule has 110 valence electrons. The van der Waals surface area contributed by atoms with E-state index in [0.717, 1.165) is 59.6 Å². The van der Waals surface area contributed by atoms with Gasteiger partial charge in [0.1, 0.15) is 0 Å². The van der Waals surface area contributed by atoms with Crippen LogP contribution in [0.2, 0.25) is 5.02 Å². The van der Waals surface area contributed by atoms with Crippen LogP contribution in [-0.2, 0) is 25.9 Å². The smallest absolute Gasteiger partial charge is 0.0897 e. The van der Waals surface area contributed by atoms with Crippen molar-refractivity contribution in [1.82, 2.24) is 20.1 Å². The van der Waals surface area contributed by atoms with Gasteiger partial charge in [-0.1, -0.05) is 18.5 Å². The first-order valence-electron chi connectivity index (χ1n) is 7.01. The average molecular weight is 313 g/mol. The van der Waals surface area contributed by atoms with Gasteiger partial charge in [0.25, 0.3) is 0 Å². The molecule has 2 rings (SSSR count). The molecule has 0 aliphatic heterocycles. The summed E-state index contributed by atoms with van der Waals surface area (Å²) in [7, 11) is 0. The predicted molar refractivity (Wildman–Crippen MR) is 84.6 cm³/mol. The molecular formula is C14H21ClN4S. The van der Waals surface area contributed by atoms with Crippen molar-refractivity contribution < 1.29 is 0 Å². The van der Waals surface area contributed by atoms with Gasteiger partial charge in [0.15, 0.2) is 0 Å². The van der Waals surface area contributed by atoms with Gasteiger partial charge in [-0.05, 0) is 20.3 Å². The molecule has 0 radical (unpaired) electrons. The van der Waals surface area contributed by atoms with Gasteiger partial charge in [-0.25, -0.2) is 4.98 Å². The molecule has 0 atom stereocenters. The third-order valence-corrected chi connectivity index (χ3v) is 4.47. The van der Waals surface area contributed by atoms with Gasteiger partial charge in [-0.2, -0.15) is 5.10 Å². The van der Waals surface area contributed by atoms with E-state index in [1.54, 1.807) is 11.3 Å². The highest BCUT2D eigenvalue weighted by atomic mass is 35.5. The molecule has 0 fully saturated rings. The number of nitrogens with zero attached hydrogens (tertiary/aromatic N) is 3. The van der Waals surface area contributed by atoms with Crippen molar-refractivity contribution in [1.29, 1.82) is 0 Å². The zero-order valence-electron chi connectivity index (χ0n) is 12.2. The Morgan fingerprint density at radius 1 is 1.40 bits per heavy atom. The van der Waals surface area contributed by atoms with Crippen molar-refractivity contribution in [2.24, 2.45) is 0 Å². The second-order valence-electron chi connectivity index (χ2n) is 4.66. The maximum Gasteiger partial charge on any atom is 0.0897 e. The lowest BCUT2D eigenvalue weighted by atomic mass is 10.3. The number of hydrogen-bond donors (Lipinski definition) is 1. The molecule has 0 aliphatic carbocycles. The van der Waals surface area contributed by atoms with Crippen LogP contribution in [0.15, 0.2) is 5.38 Å². The van der Waals surface area contributed by atoms with Gasteiger partial charge in [-0.3, -0.25) is 4.68 Å². The summed E-state index contributed by atoms with van der Waals surface area (Å²) in [6.07, 6.45) is 1.82. The Bertz CT molecular complexity index is 562. The van der Waals surface area contributed by atoms with Crippen LogP contribution in [0.4, 0.5) is 0 Å². The van der Waals surface area contributed by atoms with E-state index in [2.05, 4.69) is 34.6 Å². The van der Waals surface area contributed by atoms with Crippen LogP contribution >= 0.6 is 22.9 Å². The van der Waals surface area contributed by atoms with Crippen LogP contribution in [0.25, 0.3) is 0 Å². The number of nitrogens with one attached hydrogen (secondary N) is 1. The van der Waals surface area contributed by atoms with Crippen molar-refractivity contribution >= 4 is 22.9 Å². The second kappa shape index (κ2) is 7.20. The summed E-state index contributed by atoms with van der Waals surface area (Å²) < 4.78 is 1.99. The zero-order chi connectivity index (χ0) is 14.5. The minimum atomic E-state index is 0.753. The van der Waals surface area contributed by atoms with Gasteiger partial charge < -0.3 is 5.32 Å². The molecule has 0 amide bonds. The van der Waals surface area contributed by atoms with Gasteiger partial charge in [0.05, 0.1) is 27.1 Å². The first-order valence-corrected chi connectivity index (χ1v) is 8.27. The molecule has 2 heterocycles. The summed E-state index contributed by atoms with van der Waals surface area (Å²) in [5.41, 5.74) is 3.23. The molecule has 2 aromatic heterocycles. The van der Waals surface area contributed by atoms with Crippen LogP contribution in [0.5, 0.6) is 0 Å². The Labute approximate surface area is 129 Å². The molecule has 20 heavy (non-hydrogen) atoms. The SMILES string of the molecule is CCc1nn(CC)c(CNCCc2csc(C)n2)c1Cl. The molecule has 6 heteroatoms. The summed E-state index contributed by atoms with van der Waals surface area (Å²) in [5, 5.41) is 12.0. The summed E-state index contributed by atoms with van der Waals surface area (Å²) in [5.74, 6) is 0. The number of halogens is 1. The third-order valence-electron chi connectivity index (χ3n) is 3.21. The van der Waals surface area contributed by atoms with E-state index in [-0.39, 0.29) is 0 Å². The molecule has 0 saturated heterocycles. The fraction of sp³-hybridized carbons (Fsp3) is 0.571. The molecule has 0 unspecified atom stereocenters. The number of hydrogen-bond acceptors (Lipinski definition) is 4. The predicted octanol–water partition coefficient (Wildman–Crippen LogP) is 3.22. The molecule has 4 nitrogen and oxygen atoms in total. The summed E-state index contributed by atoms with van der Waals surface area (Å²) in [6.45, 7) is 8.70. The Kier molecular flexibility index (Phi) is 5.57. The lowest BCUT2D eigenvalue weighted by Gasteiger charge is -2.06. The number of aromatic nitrogens is 3. The lowest BCUT2D eigenvalue weighted by Crippen LogP contribution is -2.19. The highest BCUT2D eigenvalue weighted by molar-refractivity contribution is 7.09. The van der Waals surface area contributed by atoms with Gasteiger partial charge in [-0.15, -0.1) is 11.3 Å². The molecule has 0 aromatic carbocycles. The van der Waals surface area contributed by atoms with E-state index in [9.17, 15) is 0 Å². The molecule has 2 aromatic rings. The fourth-order valence-corrected chi connectivity index (χ4v) is 3.12. The average Bonchev–Trinajstić information content (AvgIpc) is 2.99. The lowest BCUT2D eigenvalue weighted by molar-refractivity contribution is 0.577. The number of rotatable bonds is 7. The van der Waals surface area contributed by atoms with Crippen LogP contribution in [0, 0.1) is 6.92 Å². The monoisotopic (exact) mass is 312 g/mol. The van der Waals surface area contributed by atoms with Crippen LogP contribution in [0.3, 0.4) is 0 Å². The minimum absolute atomic E-state index is 0.753. The first-order chi connectivity index (χ1) is 9.65. The highest BCUT2D eigenvalue weighted by Gasteiger charge is 2.13. The van der Waals surface area contributed by atoms with E-state index >= 15 is 0 Å². The van der Waals surface area contributed by atoms with E-state index < -0.39 is 0 Å². The Morgan fingerprint density at radius 2 is 2.20 bits per heavy atom. The standard InChI is InChI=1S/C14H21ClN4S/c1-4-12-14(15)13(19(5-2)18-12)8-16-7-6-11-9-20-10(3)17-11/h9,16H,4-8H2,1-3H3. The van der Waals surface area contributed by atoms with E-state index in [4.69, 9.17) is 11.6 Å². The van der Waals surface area contributed by atoms with Crippen molar-refractivity contribution in [2.45, 2.75) is 46.7 Å². The summed E-state index contributed by atoms with van der Waals surface area (Å²) in [4.78, 5) is 4.46. The Morgan fingerprint density at radius 3 is 2.80 bits per heavy atom. The molecular weight excluding hydrogens is 292 g/mol. The zero-order valence-corrected chi connectivity index (χ0v) is 13.8. The Hall–Kier alpha value is -0.910. The van der Waals surface area contributed by atoms with Gasteiger partial charge >= 0.3 is 0 Å². The number of aryl methyl sites for hydroxylation is 3. The maximum absolute atomic E-state index is 6.37. The normalized spacial score (nSPS) is 11.2. The third kappa shape index (κ3) is 3.59. The van der Waals surface area contributed by atoms with Crippen molar-refractivity contribution in [2.75, 3.05) is 6.54 Å². The maximum atomic E-state index is 6.37. The van der Waals surface area contributed by atoms with Crippen molar-refractivity contribution in [3.8, 4) is 0 Å². The van der Waals surface area contributed by atoms with Crippen molar-refractivity contribution in [3.05, 3.63) is 32.5 Å². The minimum Gasteiger partial charge on any atom is -0.311 e. The summed E-state index contributed by atoms with van der Waals surface area (Å²) >= 11 is 8.07. The Balaban J connectivity index is 1.89. The van der Waals surface area contributed by atoms with Crippen LogP contribution < -0.4 is 5.32 Å². The summed E-state index contributed by atoms with van der Waals surface area (Å²) in [6, 6.07) is 0. The van der Waals surface area contributed by atoms with Crippen LogP contribution in [0.1, 0.15) is 35.9 Å². The topological polar surface area (TPSA) is 42.7 Å². The van der Waals surface area contributed by atoms with Crippen LogP contribution in [-0.4, -0.2) is 21.3 Å². The van der Waals surface area contributed by atoms with Gasteiger partial charge in [0.2, 0.25) is 0 Å². The number of thiazole rings is 1. The molecule has 0 spiro atoms. The second-order valence-corrected chi connectivity index (χ2v) is 6.10. The molecule has 0 aliphatic rings. The quantitative estimate of drug-likeness (QED) is 0.798. The highest BCUT2D eigenvalue weighted by Crippen LogP contribution is 2.21. The van der Waals surface area contributed by atoms with Gasteiger partial charge in [0, 0.05) is 31.4 Å². The van der Waals surface area contributed by atoms with E-state index in [1.807, 2.05) is 11.6 Å². The largest absolute Gasteiger partial charge is 0.311 e. The van der Waals surface area contributed by atoms with Crippen molar-refractivity contribution in [3.63, 3.8) is 0 Å². The van der Waals surface area contributed by atoms with E-state index in [1.165, 1.54) is 0 Å². The molecule has 1 N–H and O–H groups in total. The van der Waals surface area contributed by atoms with E-state index in [0.29, 0.717) is 0 Å².